The van der Waals surface area contributed by atoms with Crippen molar-refractivity contribution in [3.8, 4) is 0 Å². The van der Waals surface area contributed by atoms with Crippen molar-refractivity contribution in [2.75, 3.05) is 27.7 Å². The summed E-state index contributed by atoms with van der Waals surface area (Å²) in [4.78, 5) is 6.06. The molecule has 1 heterocycles. The average molecular weight is 186 g/mol. The Kier molecular flexibility index (Phi) is 2.69. The Hall–Kier alpha value is -0.610. The van der Waals surface area contributed by atoms with Gasteiger partial charge in [0.15, 0.2) is 4.77 Å². The van der Waals surface area contributed by atoms with E-state index in [9.17, 15) is 0 Å². The highest BCUT2D eigenvalue weighted by Crippen LogP contribution is 1.98. The second-order valence-electron chi connectivity index (χ2n) is 4.03. The molecule has 12 heavy (non-hydrogen) atoms. The largest absolute Gasteiger partial charge is 0.337 e. The standard InChI is InChI=1S/C8H15N3S/c1-11(2,3)5-4-7-6-9-8(12)10-7/h6H,4-5H2,1-3H3,(H-,9,10,12)/p+1. The van der Waals surface area contributed by atoms with Crippen molar-refractivity contribution in [3.05, 3.63) is 16.7 Å². The fourth-order valence-electron chi connectivity index (χ4n) is 0.961. The summed E-state index contributed by atoms with van der Waals surface area (Å²) < 4.78 is 1.69. The van der Waals surface area contributed by atoms with Crippen LogP contribution in [0.2, 0.25) is 0 Å². The molecule has 4 heteroatoms. The third-order valence-electron chi connectivity index (χ3n) is 1.70. The minimum atomic E-state index is 0.714. The normalized spacial score (nSPS) is 11.9. The molecule has 0 saturated carbocycles. The molecule has 0 aliphatic heterocycles. The maximum absolute atomic E-state index is 4.92. The van der Waals surface area contributed by atoms with Crippen molar-refractivity contribution < 1.29 is 4.48 Å². The lowest BCUT2D eigenvalue weighted by atomic mass is 10.3. The minimum absolute atomic E-state index is 0.714. The summed E-state index contributed by atoms with van der Waals surface area (Å²) in [7, 11) is 6.55. The molecule has 0 atom stereocenters. The van der Waals surface area contributed by atoms with Gasteiger partial charge in [-0.25, -0.2) is 0 Å². The topological polar surface area (TPSA) is 31.6 Å². The molecule has 3 nitrogen and oxygen atoms in total. The zero-order valence-corrected chi connectivity index (χ0v) is 8.66. The molecule has 0 saturated heterocycles. The molecular formula is C8H16N3S+. The zero-order chi connectivity index (χ0) is 9.19. The molecule has 0 unspecified atom stereocenters. The van der Waals surface area contributed by atoms with E-state index in [-0.39, 0.29) is 0 Å². The first-order chi connectivity index (χ1) is 5.47. The maximum Gasteiger partial charge on any atom is 0.174 e. The van der Waals surface area contributed by atoms with Crippen LogP contribution < -0.4 is 0 Å². The molecule has 0 amide bonds. The van der Waals surface area contributed by atoms with E-state index in [1.165, 1.54) is 5.69 Å². The molecule has 0 radical (unpaired) electrons. The van der Waals surface area contributed by atoms with E-state index >= 15 is 0 Å². The maximum atomic E-state index is 4.92. The SMILES string of the molecule is C[N+](C)(C)CCc1c[nH]c(=S)[nH]1. The van der Waals surface area contributed by atoms with E-state index < -0.39 is 0 Å². The number of likely N-dealkylation sites (N-methyl/N-ethyl adjacent to an activating group) is 1. The molecule has 0 aliphatic carbocycles. The van der Waals surface area contributed by atoms with Gasteiger partial charge < -0.3 is 14.5 Å². The minimum Gasteiger partial charge on any atom is -0.337 e. The molecule has 1 aromatic rings. The number of H-pyrrole nitrogens is 2. The Morgan fingerprint density at radius 1 is 1.42 bits per heavy atom. The van der Waals surface area contributed by atoms with Crippen molar-refractivity contribution >= 4 is 12.2 Å². The zero-order valence-electron chi connectivity index (χ0n) is 7.85. The van der Waals surface area contributed by atoms with Gasteiger partial charge in [0.1, 0.15) is 0 Å². The summed E-state index contributed by atoms with van der Waals surface area (Å²) in [6, 6.07) is 0. The van der Waals surface area contributed by atoms with Crippen LogP contribution in [0.5, 0.6) is 0 Å². The lowest BCUT2D eigenvalue weighted by Crippen LogP contribution is -2.36. The quantitative estimate of drug-likeness (QED) is 0.541. The number of quaternary nitrogens is 1. The number of rotatable bonds is 3. The van der Waals surface area contributed by atoms with Crippen molar-refractivity contribution in [2.24, 2.45) is 0 Å². The van der Waals surface area contributed by atoms with Crippen LogP contribution in [0, 0.1) is 4.77 Å². The number of nitrogens with zero attached hydrogens (tertiary/aromatic N) is 1. The Labute approximate surface area is 78.0 Å². The van der Waals surface area contributed by atoms with E-state index in [0.717, 1.165) is 17.4 Å². The van der Waals surface area contributed by atoms with E-state index in [4.69, 9.17) is 12.2 Å². The Balaban J connectivity index is 2.49. The van der Waals surface area contributed by atoms with Gasteiger partial charge in [-0.1, -0.05) is 0 Å². The van der Waals surface area contributed by atoms with Gasteiger partial charge in [0.05, 0.1) is 27.7 Å². The molecule has 1 aromatic heterocycles. The third-order valence-corrected chi connectivity index (χ3v) is 1.92. The first kappa shape index (κ1) is 9.48. The van der Waals surface area contributed by atoms with Crippen molar-refractivity contribution in [2.45, 2.75) is 6.42 Å². The summed E-state index contributed by atoms with van der Waals surface area (Å²) in [6.07, 6.45) is 2.98. The van der Waals surface area contributed by atoms with E-state index in [2.05, 4.69) is 31.1 Å². The molecule has 0 spiro atoms. The lowest BCUT2D eigenvalue weighted by Gasteiger charge is -2.23. The highest BCUT2D eigenvalue weighted by Gasteiger charge is 2.06. The van der Waals surface area contributed by atoms with Crippen LogP contribution in [0.4, 0.5) is 0 Å². The van der Waals surface area contributed by atoms with Crippen molar-refractivity contribution in [1.29, 1.82) is 0 Å². The molecular weight excluding hydrogens is 170 g/mol. The van der Waals surface area contributed by atoms with Gasteiger partial charge in [-0.3, -0.25) is 0 Å². The van der Waals surface area contributed by atoms with Crippen LogP contribution in [0.3, 0.4) is 0 Å². The van der Waals surface area contributed by atoms with E-state index in [1.54, 1.807) is 0 Å². The van der Waals surface area contributed by atoms with Crippen molar-refractivity contribution in [3.63, 3.8) is 0 Å². The molecule has 1 rings (SSSR count). The Bertz CT molecular complexity index is 292. The number of imidazole rings is 1. The van der Waals surface area contributed by atoms with Gasteiger partial charge in [-0.05, 0) is 12.2 Å². The first-order valence-corrected chi connectivity index (χ1v) is 4.45. The smallest absolute Gasteiger partial charge is 0.174 e. The summed E-state index contributed by atoms with van der Waals surface area (Å²) in [5.41, 5.74) is 1.19. The predicted octanol–water partition coefficient (Wildman–Crippen LogP) is 1.32. The van der Waals surface area contributed by atoms with Gasteiger partial charge in [0.2, 0.25) is 0 Å². The number of hydrogen-bond donors (Lipinski definition) is 2. The van der Waals surface area contributed by atoms with E-state index in [0.29, 0.717) is 4.77 Å². The molecule has 2 N–H and O–H groups in total. The first-order valence-electron chi connectivity index (χ1n) is 4.04. The number of aromatic nitrogens is 2. The van der Waals surface area contributed by atoms with Crippen LogP contribution >= 0.6 is 12.2 Å². The Morgan fingerprint density at radius 2 is 2.08 bits per heavy atom. The number of nitrogens with one attached hydrogen (secondary N) is 2. The molecule has 0 aromatic carbocycles. The summed E-state index contributed by atoms with van der Waals surface area (Å²) in [6.45, 7) is 1.11. The fourth-order valence-corrected chi connectivity index (χ4v) is 1.15. The second kappa shape index (κ2) is 3.41. The van der Waals surface area contributed by atoms with Crippen LogP contribution in [-0.4, -0.2) is 42.1 Å². The highest BCUT2D eigenvalue weighted by molar-refractivity contribution is 7.71. The van der Waals surface area contributed by atoms with E-state index in [1.807, 2.05) is 6.20 Å². The monoisotopic (exact) mass is 186 g/mol. The molecule has 0 aliphatic rings. The van der Waals surface area contributed by atoms with Gasteiger partial charge in [-0.15, -0.1) is 0 Å². The Morgan fingerprint density at radius 3 is 2.50 bits per heavy atom. The highest BCUT2D eigenvalue weighted by atomic mass is 32.1. The molecule has 68 valence electrons. The predicted molar refractivity (Wildman–Crippen MR) is 52.6 cm³/mol. The van der Waals surface area contributed by atoms with Crippen LogP contribution in [0.1, 0.15) is 5.69 Å². The van der Waals surface area contributed by atoms with Gasteiger partial charge >= 0.3 is 0 Å². The van der Waals surface area contributed by atoms with Crippen LogP contribution in [0.15, 0.2) is 6.20 Å². The average Bonchev–Trinajstić information content (AvgIpc) is 2.30. The van der Waals surface area contributed by atoms with Crippen LogP contribution in [0.25, 0.3) is 0 Å². The van der Waals surface area contributed by atoms with Crippen molar-refractivity contribution in [1.82, 2.24) is 9.97 Å². The van der Waals surface area contributed by atoms with Gasteiger partial charge in [0.25, 0.3) is 0 Å². The van der Waals surface area contributed by atoms with Gasteiger partial charge in [-0.2, -0.15) is 0 Å². The number of aromatic amines is 2. The third kappa shape index (κ3) is 3.19. The molecule has 0 bridgehead atoms. The van der Waals surface area contributed by atoms with Crippen LogP contribution in [-0.2, 0) is 6.42 Å². The summed E-state index contributed by atoms with van der Waals surface area (Å²) >= 11 is 4.92. The number of hydrogen-bond acceptors (Lipinski definition) is 1. The summed E-state index contributed by atoms with van der Waals surface area (Å²) in [5, 5.41) is 0. The lowest BCUT2D eigenvalue weighted by molar-refractivity contribution is -0.870. The molecule has 0 fully saturated rings. The van der Waals surface area contributed by atoms with Gasteiger partial charge in [0, 0.05) is 18.3 Å². The fraction of sp³-hybridized carbons (Fsp3) is 0.625. The summed E-state index contributed by atoms with van der Waals surface area (Å²) in [5.74, 6) is 0. The second-order valence-corrected chi connectivity index (χ2v) is 4.44.